The molecule has 1 N–H and O–H groups in total. The summed E-state index contributed by atoms with van der Waals surface area (Å²) >= 11 is 0. The van der Waals surface area contributed by atoms with Gasteiger partial charge < -0.3 is 5.11 Å². The average molecular weight is 114 g/mol. The maximum Gasteiger partial charge on any atom is 0.183 e. The molecule has 0 aliphatic rings. The number of rotatable bonds is 2. The second-order valence-electron chi connectivity index (χ2n) is 1.58. The summed E-state index contributed by atoms with van der Waals surface area (Å²) in [5, 5.41) is 8.55. The predicted molar refractivity (Wildman–Crippen MR) is 31.5 cm³/mol. The van der Waals surface area contributed by atoms with Crippen molar-refractivity contribution in [2.75, 3.05) is 0 Å². The minimum atomic E-state index is -0.855. The molecule has 0 saturated carbocycles. The van der Waals surface area contributed by atoms with Crippen LogP contribution in [0.3, 0.4) is 0 Å². The molecule has 0 aromatic heterocycles. The van der Waals surface area contributed by atoms with E-state index in [1.807, 2.05) is 0 Å². The van der Waals surface area contributed by atoms with Crippen molar-refractivity contribution in [3.05, 3.63) is 12.2 Å². The number of carbonyl (C=O) groups is 1. The maximum atomic E-state index is 10.4. The Balaban J connectivity index is 3.66. The molecule has 0 aromatic rings. The molecule has 0 aromatic carbocycles. The summed E-state index contributed by atoms with van der Waals surface area (Å²) in [6.45, 7) is 3.18. The van der Waals surface area contributed by atoms with E-state index in [9.17, 15) is 4.79 Å². The first-order chi connectivity index (χ1) is 3.68. The number of aliphatic hydroxyl groups excluding tert-OH is 1. The second kappa shape index (κ2) is 3.38. The van der Waals surface area contributed by atoms with Gasteiger partial charge in [-0.05, 0) is 19.9 Å². The number of carbonyl (C=O) groups excluding carboxylic acids is 1. The zero-order chi connectivity index (χ0) is 6.57. The smallest absolute Gasteiger partial charge is 0.183 e. The number of allylic oxidation sites excluding steroid dienone is 1. The summed E-state index contributed by atoms with van der Waals surface area (Å²) in [4.78, 5) is 10.4. The van der Waals surface area contributed by atoms with E-state index in [1.54, 1.807) is 13.0 Å². The molecule has 1 atom stereocenters. The highest BCUT2D eigenvalue weighted by Gasteiger charge is 2.01. The third kappa shape index (κ3) is 2.53. The zero-order valence-electron chi connectivity index (χ0n) is 5.09. The van der Waals surface area contributed by atoms with Gasteiger partial charge in [-0.25, -0.2) is 0 Å². The normalized spacial score (nSPS) is 14.4. The topological polar surface area (TPSA) is 37.3 Å². The Bertz CT molecular complexity index is 103. The van der Waals surface area contributed by atoms with Gasteiger partial charge in [0, 0.05) is 0 Å². The molecule has 0 aliphatic heterocycles. The largest absolute Gasteiger partial charge is 0.385 e. The minimum absolute atomic E-state index is 0.243. The van der Waals surface area contributed by atoms with Crippen LogP contribution >= 0.6 is 0 Å². The summed E-state index contributed by atoms with van der Waals surface area (Å²) in [5.41, 5.74) is 0. The van der Waals surface area contributed by atoms with E-state index in [0.717, 1.165) is 0 Å². The fourth-order valence-electron chi connectivity index (χ4n) is 0.304. The van der Waals surface area contributed by atoms with Crippen molar-refractivity contribution in [3.8, 4) is 0 Å². The predicted octanol–water partition coefficient (Wildman–Crippen LogP) is 0.512. The number of hydrogen-bond acceptors (Lipinski definition) is 2. The zero-order valence-corrected chi connectivity index (χ0v) is 5.09. The van der Waals surface area contributed by atoms with Gasteiger partial charge in [0.1, 0.15) is 6.10 Å². The fraction of sp³-hybridized carbons (Fsp3) is 0.500. The molecule has 0 bridgehead atoms. The van der Waals surface area contributed by atoms with E-state index in [-0.39, 0.29) is 5.78 Å². The molecule has 2 nitrogen and oxygen atoms in total. The van der Waals surface area contributed by atoms with Crippen molar-refractivity contribution < 1.29 is 9.90 Å². The molecule has 8 heavy (non-hydrogen) atoms. The quantitative estimate of drug-likeness (QED) is 0.531. The van der Waals surface area contributed by atoms with E-state index in [1.165, 1.54) is 13.0 Å². The molecule has 0 fully saturated rings. The summed E-state index contributed by atoms with van der Waals surface area (Å²) in [7, 11) is 0. The van der Waals surface area contributed by atoms with Gasteiger partial charge >= 0.3 is 0 Å². The lowest BCUT2D eigenvalue weighted by Crippen LogP contribution is -2.12. The Morgan fingerprint density at radius 1 is 1.75 bits per heavy atom. The summed E-state index contributed by atoms with van der Waals surface area (Å²) in [5.74, 6) is -0.243. The lowest BCUT2D eigenvalue weighted by molar-refractivity contribution is -0.121. The van der Waals surface area contributed by atoms with E-state index in [0.29, 0.717) is 0 Å². The van der Waals surface area contributed by atoms with Crippen LogP contribution in [0.25, 0.3) is 0 Å². The van der Waals surface area contributed by atoms with E-state index in [4.69, 9.17) is 5.11 Å². The Kier molecular flexibility index (Phi) is 3.12. The van der Waals surface area contributed by atoms with Crippen LogP contribution in [0.2, 0.25) is 0 Å². The molecular formula is C6H10O2. The van der Waals surface area contributed by atoms with Crippen molar-refractivity contribution in [1.82, 2.24) is 0 Å². The number of ketones is 1. The van der Waals surface area contributed by atoms with Gasteiger partial charge in [-0.15, -0.1) is 0 Å². The summed E-state index contributed by atoms with van der Waals surface area (Å²) < 4.78 is 0. The molecule has 0 heterocycles. The van der Waals surface area contributed by atoms with Gasteiger partial charge in [0.2, 0.25) is 0 Å². The van der Waals surface area contributed by atoms with Crippen molar-refractivity contribution >= 4 is 5.78 Å². The van der Waals surface area contributed by atoms with E-state index < -0.39 is 6.10 Å². The molecular weight excluding hydrogens is 104 g/mol. The Morgan fingerprint density at radius 2 is 2.25 bits per heavy atom. The third-order valence-corrected chi connectivity index (χ3v) is 0.743. The van der Waals surface area contributed by atoms with Gasteiger partial charge in [0.05, 0.1) is 0 Å². The molecule has 0 radical (unpaired) electrons. The monoisotopic (exact) mass is 114 g/mol. The van der Waals surface area contributed by atoms with Gasteiger partial charge in [-0.2, -0.15) is 0 Å². The SMILES string of the molecule is C/C=C/C(=O)C(C)O. The second-order valence-corrected chi connectivity index (χ2v) is 1.58. The van der Waals surface area contributed by atoms with Crippen LogP contribution in [-0.2, 0) is 4.79 Å². The third-order valence-electron chi connectivity index (χ3n) is 0.743. The number of hydrogen-bond donors (Lipinski definition) is 1. The van der Waals surface area contributed by atoms with Crippen molar-refractivity contribution in [2.24, 2.45) is 0 Å². The Hall–Kier alpha value is -0.630. The first-order valence-corrected chi connectivity index (χ1v) is 2.53. The standard InChI is InChI=1S/C6H10O2/c1-3-4-6(8)5(2)7/h3-5,7H,1-2H3/b4-3+. The van der Waals surface area contributed by atoms with Crippen LogP contribution < -0.4 is 0 Å². The average Bonchev–Trinajstić information content (AvgIpc) is 1.67. The summed E-state index contributed by atoms with van der Waals surface area (Å²) in [6.07, 6.45) is 2.10. The summed E-state index contributed by atoms with van der Waals surface area (Å²) in [6, 6.07) is 0. The fourth-order valence-corrected chi connectivity index (χ4v) is 0.304. The van der Waals surface area contributed by atoms with Gasteiger partial charge in [0.15, 0.2) is 5.78 Å². The van der Waals surface area contributed by atoms with E-state index in [2.05, 4.69) is 0 Å². The first-order valence-electron chi connectivity index (χ1n) is 2.53. The Labute approximate surface area is 48.8 Å². The van der Waals surface area contributed by atoms with Crippen LogP contribution in [0.4, 0.5) is 0 Å². The Morgan fingerprint density at radius 3 is 2.38 bits per heavy atom. The molecule has 0 saturated heterocycles. The molecule has 2 heteroatoms. The van der Waals surface area contributed by atoms with Crippen molar-refractivity contribution in [3.63, 3.8) is 0 Å². The molecule has 0 amide bonds. The van der Waals surface area contributed by atoms with Gasteiger partial charge in [-0.1, -0.05) is 6.08 Å². The number of aliphatic hydroxyl groups is 1. The van der Waals surface area contributed by atoms with E-state index >= 15 is 0 Å². The molecule has 0 aliphatic carbocycles. The molecule has 46 valence electrons. The van der Waals surface area contributed by atoms with Crippen LogP contribution in [0.1, 0.15) is 13.8 Å². The molecule has 1 unspecified atom stereocenters. The molecule has 0 spiro atoms. The maximum absolute atomic E-state index is 10.4. The highest BCUT2D eigenvalue weighted by molar-refractivity contribution is 5.92. The molecule has 0 rings (SSSR count). The van der Waals surface area contributed by atoms with Gasteiger partial charge in [0.25, 0.3) is 0 Å². The van der Waals surface area contributed by atoms with Crippen LogP contribution in [-0.4, -0.2) is 17.0 Å². The van der Waals surface area contributed by atoms with Gasteiger partial charge in [-0.3, -0.25) is 4.79 Å². The van der Waals surface area contributed by atoms with Crippen LogP contribution in [0.15, 0.2) is 12.2 Å². The highest BCUT2D eigenvalue weighted by atomic mass is 16.3. The minimum Gasteiger partial charge on any atom is -0.385 e. The lowest BCUT2D eigenvalue weighted by Gasteiger charge is -1.93. The highest BCUT2D eigenvalue weighted by Crippen LogP contribution is 1.83. The van der Waals surface area contributed by atoms with Crippen molar-refractivity contribution in [2.45, 2.75) is 20.0 Å². The van der Waals surface area contributed by atoms with Crippen molar-refractivity contribution in [1.29, 1.82) is 0 Å². The lowest BCUT2D eigenvalue weighted by atomic mass is 10.2. The van der Waals surface area contributed by atoms with Crippen LogP contribution in [0, 0.1) is 0 Å². The van der Waals surface area contributed by atoms with Crippen LogP contribution in [0.5, 0.6) is 0 Å². The first kappa shape index (κ1) is 7.37.